The van der Waals surface area contributed by atoms with E-state index in [9.17, 15) is 0 Å². The highest BCUT2D eigenvalue weighted by molar-refractivity contribution is 7.84. The van der Waals surface area contributed by atoms with Crippen molar-refractivity contribution < 1.29 is 17.5 Å². The Kier molecular flexibility index (Phi) is 17.8. The molecule has 0 heterocycles. The van der Waals surface area contributed by atoms with Crippen molar-refractivity contribution in [1.29, 1.82) is 0 Å². The average Bonchev–Trinajstić information content (AvgIpc) is 2.46. The van der Waals surface area contributed by atoms with Gasteiger partial charge >= 0.3 is 0 Å². The molecule has 4 nitrogen and oxygen atoms in total. The molecule has 0 unspecified atom stereocenters. The van der Waals surface area contributed by atoms with Crippen molar-refractivity contribution in [3.63, 3.8) is 0 Å². The van der Waals surface area contributed by atoms with Crippen molar-refractivity contribution >= 4 is 10.1 Å². The number of unbranched alkanes of at least 4 members (excludes halogenated alkanes) is 11. The predicted octanol–water partition coefficient (Wildman–Crippen LogP) is 4.95. The molecule has 24 heavy (non-hydrogen) atoms. The SMILES string of the molecule is CCCCCCCCCCCCCC[N+](C)(C)CC.CS(=O)(=O)[O-]. The van der Waals surface area contributed by atoms with E-state index in [4.69, 9.17) is 13.0 Å². The fourth-order valence-corrected chi connectivity index (χ4v) is 2.54. The minimum absolute atomic E-state index is 0.604. The van der Waals surface area contributed by atoms with Crippen molar-refractivity contribution in [2.75, 3.05) is 33.4 Å². The Bertz CT molecular complexity index is 346. The van der Waals surface area contributed by atoms with Gasteiger partial charge in [0.2, 0.25) is 0 Å². The fraction of sp³-hybridized carbons (Fsp3) is 1.00. The van der Waals surface area contributed by atoms with Gasteiger partial charge in [-0.3, -0.25) is 0 Å². The molecule has 0 bridgehead atoms. The molecule has 0 aromatic heterocycles. The molecular weight excluding hydrogens is 322 g/mol. The summed E-state index contributed by atoms with van der Waals surface area (Å²) < 4.78 is 28.4. The average molecular weight is 366 g/mol. The molecule has 0 saturated heterocycles. The highest BCUT2D eigenvalue weighted by Crippen LogP contribution is 2.12. The normalized spacial score (nSPS) is 11.9. The summed E-state index contributed by atoms with van der Waals surface area (Å²) in [4.78, 5) is 0. The minimum atomic E-state index is -3.92. The van der Waals surface area contributed by atoms with E-state index in [1.165, 1.54) is 94.6 Å². The van der Waals surface area contributed by atoms with E-state index in [0.29, 0.717) is 6.26 Å². The number of hydrogen-bond donors (Lipinski definition) is 0. The molecule has 0 spiro atoms. The van der Waals surface area contributed by atoms with Gasteiger partial charge in [0.1, 0.15) is 0 Å². The molecule has 5 heteroatoms. The first-order valence-corrected chi connectivity index (χ1v) is 11.7. The lowest BCUT2D eigenvalue weighted by atomic mass is 10.1. The summed E-state index contributed by atoms with van der Waals surface area (Å²) in [6.07, 6.45) is 18.0. The first-order valence-electron chi connectivity index (χ1n) is 9.85. The second-order valence-electron chi connectivity index (χ2n) is 7.57. The Labute approximate surface area is 152 Å². The third-order valence-electron chi connectivity index (χ3n) is 4.47. The molecular formula is C19H43NO3S. The van der Waals surface area contributed by atoms with Crippen molar-refractivity contribution in [2.24, 2.45) is 0 Å². The third-order valence-corrected chi connectivity index (χ3v) is 4.47. The topological polar surface area (TPSA) is 57.2 Å². The standard InChI is InChI=1S/C18H40N.CH4O3S/c1-5-7-8-9-10-11-12-13-14-15-16-17-18-19(3,4)6-2;1-5(2,3)4/h5-18H2,1-4H3;1H3,(H,2,3,4)/q+1;/p-1. The molecule has 0 atom stereocenters. The molecule has 0 fully saturated rings. The van der Waals surface area contributed by atoms with Crippen LogP contribution in [0.25, 0.3) is 0 Å². The van der Waals surface area contributed by atoms with Crippen LogP contribution in [0.2, 0.25) is 0 Å². The van der Waals surface area contributed by atoms with Crippen molar-refractivity contribution in [3.8, 4) is 0 Å². The second kappa shape index (κ2) is 16.3. The van der Waals surface area contributed by atoms with Crippen molar-refractivity contribution in [2.45, 2.75) is 90.9 Å². The van der Waals surface area contributed by atoms with Crippen molar-refractivity contribution in [3.05, 3.63) is 0 Å². The van der Waals surface area contributed by atoms with E-state index in [-0.39, 0.29) is 0 Å². The summed E-state index contributed by atoms with van der Waals surface area (Å²) in [5.74, 6) is 0. The lowest BCUT2D eigenvalue weighted by Crippen LogP contribution is -2.39. The summed E-state index contributed by atoms with van der Waals surface area (Å²) >= 11 is 0. The first-order chi connectivity index (χ1) is 11.1. The van der Waals surface area contributed by atoms with Crippen LogP contribution in [-0.2, 0) is 10.1 Å². The van der Waals surface area contributed by atoms with Crippen LogP contribution in [0.3, 0.4) is 0 Å². The number of hydrogen-bond acceptors (Lipinski definition) is 3. The van der Waals surface area contributed by atoms with Gasteiger partial charge in [0.25, 0.3) is 0 Å². The molecule has 0 aromatic carbocycles. The smallest absolute Gasteiger partial charge is 0.0916 e. The number of nitrogens with zero attached hydrogens (tertiary/aromatic N) is 1. The molecule has 0 saturated carbocycles. The van der Waals surface area contributed by atoms with Crippen LogP contribution < -0.4 is 0 Å². The quantitative estimate of drug-likeness (QED) is 0.249. The van der Waals surface area contributed by atoms with Crippen LogP contribution in [0, 0.1) is 0 Å². The summed E-state index contributed by atoms with van der Waals surface area (Å²) in [5, 5.41) is 0. The van der Waals surface area contributed by atoms with Crippen molar-refractivity contribution in [1.82, 2.24) is 0 Å². The van der Waals surface area contributed by atoms with E-state index in [1.54, 1.807) is 0 Å². The predicted molar refractivity (Wildman–Crippen MR) is 104 cm³/mol. The molecule has 0 amide bonds. The number of rotatable bonds is 14. The molecule has 148 valence electrons. The zero-order valence-corrected chi connectivity index (χ0v) is 17.8. The highest BCUT2D eigenvalue weighted by atomic mass is 32.2. The number of quaternary nitrogens is 1. The Hall–Kier alpha value is -0.130. The van der Waals surface area contributed by atoms with E-state index in [0.717, 1.165) is 0 Å². The Morgan fingerprint density at radius 1 is 0.708 bits per heavy atom. The lowest BCUT2D eigenvalue weighted by molar-refractivity contribution is -0.888. The summed E-state index contributed by atoms with van der Waals surface area (Å²) in [5.41, 5.74) is 0. The Morgan fingerprint density at radius 2 is 1.00 bits per heavy atom. The molecule has 0 N–H and O–H groups in total. The third kappa shape index (κ3) is 29.8. The molecule has 0 aliphatic carbocycles. The first kappa shape index (κ1) is 26.1. The monoisotopic (exact) mass is 365 g/mol. The van der Waals surface area contributed by atoms with Gasteiger partial charge in [-0.1, -0.05) is 71.1 Å². The highest BCUT2D eigenvalue weighted by Gasteiger charge is 2.09. The molecule has 0 rings (SSSR count). The molecule has 0 radical (unpaired) electrons. The van der Waals surface area contributed by atoms with Crippen LogP contribution >= 0.6 is 0 Å². The summed E-state index contributed by atoms with van der Waals surface area (Å²) in [7, 11) is 0.775. The van der Waals surface area contributed by atoms with Crippen LogP contribution in [0.4, 0.5) is 0 Å². The zero-order chi connectivity index (χ0) is 18.9. The zero-order valence-electron chi connectivity index (χ0n) is 17.0. The van der Waals surface area contributed by atoms with E-state index in [2.05, 4.69) is 27.9 Å². The van der Waals surface area contributed by atoms with Crippen LogP contribution in [-0.4, -0.2) is 50.9 Å². The van der Waals surface area contributed by atoms with Gasteiger partial charge in [-0.05, 0) is 19.8 Å². The molecule has 0 aliphatic heterocycles. The van der Waals surface area contributed by atoms with E-state index >= 15 is 0 Å². The molecule has 0 aromatic rings. The van der Waals surface area contributed by atoms with Gasteiger partial charge in [-0.15, -0.1) is 0 Å². The molecule has 0 aliphatic rings. The largest absolute Gasteiger partial charge is 0.748 e. The fourth-order valence-electron chi connectivity index (χ4n) is 2.54. The van der Waals surface area contributed by atoms with Gasteiger partial charge in [-0.25, -0.2) is 8.42 Å². The van der Waals surface area contributed by atoms with Gasteiger partial charge in [-0.2, -0.15) is 0 Å². The van der Waals surface area contributed by atoms with E-state index < -0.39 is 10.1 Å². The van der Waals surface area contributed by atoms with Gasteiger partial charge in [0.05, 0.1) is 37.3 Å². The summed E-state index contributed by atoms with van der Waals surface area (Å²) in [6, 6.07) is 0. The van der Waals surface area contributed by atoms with Gasteiger partial charge in [0.15, 0.2) is 0 Å². The maximum atomic E-state index is 9.08. The van der Waals surface area contributed by atoms with Crippen LogP contribution in [0.1, 0.15) is 90.9 Å². The van der Waals surface area contributed by atoms with Crippen LogP contribution in [0.15, 0.2) is 0 Å². The van der Waals surface area contributed by atoms with E-state index in [1.807, 2.05) is 0 Å². The second-order valence-corrected chi connectivity index (χ2v) is 8.98. The Morgan fingerprint density at radius 3 is 1.29 bits per heavy atom. The summed E-state index contributed by atoms with van der Waals surface area (Å²) in [6.45, 7) is 7.20. The van der Waals surface area contributed by atoms with Gasteiger partial charge < -0.3 is 9.04 Å². The Balaban J connectivity index is 0. The minimum Gasteiger partial charge on any atom is -0.748 e. The van der Waals surface area contributed by atoms with Crippen LogP contribution in [0.5, 0.6) is 0 Å². The van der Waals surface area contributed by atoms with Gasteiger partial charge in [0, 0.05) is 6.26 Å². The lowest BCUT2D eigenvalue weighted by Gasteiger charge is -2.28. The maximum absolute atomic E-state index is 9.08. The maximum Gasteiger partial charge on any atom is 0.0916 e.